The Balaban J connectivity index is 3.20. The van der Waals surface area contributed by atoms with Crippen LogP contribution < -0.4 is 5.73 Å². The Morgan fingerprint density at radius 2 is 2.30 bits per heavy atom. The predicted octanol–water partition coefficient (Wildman–Crippen LogP) is -1.13. The van der Waals surface area contributed by atoms with Crippen LogP contribution in [-0.4, -0.2) is 35.3 Å². The van der Waals surface area contributed by atoms with E-state index in [0.29, 0.717) is 5.75 Å². The van der Waals surface area contributed by atoms with Gasteiger partial charge in [0.2, 0.25) is 0 Å². The Labute approximate surface area is 62.2 Å². The van der Waals surface area contributed by atoms with E-state index in [2.05, 4.69) is 4.74 Å². The Bertz CT molecular complexity index is 137. The molecular formula is C5H11NO3S. The molecule has 0 aliphatic carbocycles. The van der Waals surface area contributed by atoms with Crippen molar-refractivity contribution in [2.45, 2.75) is 0 Å². The maximum atomic E-state index is 10.4. The van der Waals surface area contributed by atoms with Gasteiger partial charge >= 0.3 is 5.97 Å². The summed E-state index contributed by atoms with van der Waals surface area (Å²) < 4.78 is 14.9. The number of carbonyl (C=O) groups excluding carboxylic acids is 1. The van der Waals surface area contributed by atoms with Gasteiger partial charge in [-0.25, -0.2) is 0 Å². The number of hydrogen-bond donors (Lipinski definition) is 1. The summed E-state index contributed by atoms with van der Waals surface area (Å²) in [6, 6.07) is 0. The van der Waals surface area contributed by atoms with Crippen LogP contribution in [0.2, 0.25) is 0 Å². The number of ether oxygens (including phenoxy) is 1. The average Bonchev–Trinajstić information content (AvgIpc) is 1.87. The van der Waals surface area contributed by atoms with Crippen LogP contribution in [0.4, 0.5) is 0 Å². The number of esters is 1. The minimum atomic E-state index is -0.902. The molecule has 1 unspecified atom stereocenters. The van der Waals surface area contributed by atoms with Crippen molar-refractivity contribution in [2.75, 3.05) is 25.2 Å². The van der Waals surface area contributed by atoms with Gasteiger partial charge in [-0.3, -0.25) is 9.00 Å². The van der Waals surface area contributed by atoms with E-state index in [1.807, 2.05) is 0 Å². The Morgan fingerprint density at radius 3 is 2.70 bits per heavy atom. The fourth-order valence-electron chi connectivity index (χ4n) is 0.332. The third-order valence-corrected chi connectivity index (χ3v) is 1.54. The number of rotatable bonds is 4. The van der Waals surface area contributed by atoms with Crippen molar-refractivity contribution in [1.29, 1.82) is 0 Å². The first-order valence-corrected chi connectivity index (χ1v) is 4.55. The molecule has 60 valence electrons. The van der Waals surface area contributed by atoms with E-state index in [4.69, 9.17) is 5.73 Å². The Kier molecular flexibility index (Phi) is 5.15. The molecule has 0 aromatic rings. The molecule has 0 rings (SSSR count). The van der Waals surface area contributed by atoms with Crippen molar-refractivity contribution >= 4 is 16.8 Å². The zero-order valence-corrected chi connectivity index (χ0v) is 6.65. The van der Waals surface area contributed by atoms with Crippen LogP contribution in [-0.2, 0) is 20.3 Å². The van der Waals surface area contributed by atoms with E-state index in [9.17, 15) is 9.00 Å². The fraction of sp³-hybridized carbons (Fsp3) is 0.800. The minimum absolute atomic E-state index is 0.115. The van der Waals surface area contributed by atoms with Gasteiger partial charge < -0.3 is 10.5 Å². The van der Waals surface area contributed by atoms with E-state index >= 15 is 0 Å². The van der Waals surface area contributed by atoms with E-state index in [-0.39, 0.29) is 13.2 Å². The van der Waals surface area contributed by atoms with Crippen molar-refractivity contribution < 1.29 is 13.7 Å². The Hall–Kier alpha value is -0.420. The summed E-state index contributed by atoms with van der Waals surface area (Å²) in [5.74, 6) is -0.0726. The lowest BCUT2D eigenvalue weighted by Gasteiger charge is -1.99. The average molecular weight is 165 g/mol. The molecule has 0 spiro atoms. The van der Waals surface area contributed by atoms with Gasteiger partial charge in [-0.2, -0.15) is 0 Å². The van der Waals surface area contributed by atoms with Crippen LogP contribution in [0.25, 0.3) is 0 Å². The van der Waals surface area contributed by atoms with Crippen molar-refractivity contribution in [3.05, 3.63) is 0 Å². The monoisotopic (exact) mass is 165 g/mol. The predicted molar refractivity (Wildman–Crippen MR) is 38.9 cm³/mol. The first-order chi connectivity index (χ1) is 4.66. The summed E-state index contributed by atoms with van der Waals surface area (Å²) in [6.07, 6.45) is 1.55. The lowest BCUT2D eigenvalue weighted by atomic mass is 10.7. The Morgan fingerprint density at radius 1 is 1.70 bits per heavy atom. The zero-order chi connectivity index (χ0) is 7.98. The third-order valence-electron chi connectivity index (χ3n) is 0.801. The molecule has 0 heterocycles. The molecule has 0 saturated carbocycles. The van der Waals surface area contributed by atoms with Gasteiger partial charge in [0.15, 0.2) is 0 Å². The van der Waals surface area contributed by atoms with Crippen LogP contribution in [0.15, 0.2) is 0 Å². The molecular weight excluding hydrogens is 154 g/mol. The highest BCUT2D eigenvalue weighted by atomic mass is 32.2. The molecule has 0 fully saturated rings. The van der Waals surface area contributed by atoms with E-state index < -0.39 is 16.8 Å². The highest BCUT2D eigenvalue weighted by molar-refractivity contribution is 7.84. The third kappa shape index (κ3) is 5.71. The second kappa shape index (κ2) is 5.37. The molecule has 0 bridgehead atoms. The largest absolute Gasteiger partial charge is 0.464 e. The molecule has 4 nitrogen and oxygen atoms in total. The van der Waals surface area contributed by atoms with Crippen molar-refractivity contribution in [3.63, 3.8) is 0 Å². The second-order valence-electron chi connectivity index (χ2n) is 1.70. The smallest absolute Gasteiger partial charge is 0.319 e. The number of carbonyl (C=O) groups is 1. The van der Waals surface area contributed by atoms with Crippen molar-refractivity contribution in [3.8, 4) is 0 Å². The summed E-state index contributed by atoms with van der Waals surface area (Å²) in [5, 5.41) is 0. The standard InChI is InChI=1S/C5H11NO3S/c1-10(8)3-2-9-5(7)4-6/h2-4,6H2,1H3. The van der Waals surface area contributed by atoms with Gasteiger partial charge in [0.1, 0.15) is 6.61 Å². The summed E-state index contributed by atoms with van der Waals surface area (Å²) in [7, 11) is -0.902. The highest BCUT2D eigenvalue weighted by Crippen LogP contribution is 1.78. The van der Waals surface area contributed by atoms with Gasteiger partial charge in [-0.15, -0.1) is 0 Å². The normalized spacial score (nSPS) is 12.6. The van der Waals surface area contributed by atoms with Gasteiger partial charge in [-0.05, 0) is 0 Å². The molecule has 0 aromatic carbocycles. The molecule has 10 heavy (non-hydrogen) atoms. The summed E-state index contributed by atoms with van der Waals surface area (Å²) in [4.78, 5) is 10.3. The molecule has 0 amide bonds. The van der Waals surface area contributed by atoms with E-state index in [1.165, 1.54) is 0 Å². The van der Waals surface area contributed by atoms with Gasteiger partial charge in [0.05, 0.1) is 12.3 Å². The molecule has 0 saturated heterocycles. The zero-order valence-electron chi connectivity index (χ0n) is 5.83. The first-order valence-electron chi connectivity index (χ1n) is 2.82. The van der Waals surface area contributed by atoms with Gasteiger partial charge in [-0.1, -0.05) is 0 Å². The lowest BCUT2D eigenvalue weighted by molar-refractivity contribution is -0.141. The van der Waals surface area contributed by atoms with Gasteiger partial charge in [0, 0.05) is 17.1 Å². The summed E-state index contributed by atoms with van der Waals surface area (Å²) in [6.45, 7) is 0.0789. The summed E-state index contributed by atoms with van der Waals surface area (Å²) in [5.41, 5.74) is 4.94. The summed E-state index contributed by atoms with van der Waals surface area (Å²) >= 11 is 0. The van der Waals surface area contributed by atoms with Crippen LogP contribution in [0.3, 0.4) is 0 Å². The molecule has 0 aliphatic heterocycles. The molecule has 0 aromatic heterocycles. The molecule has 5 heteroatoms. The topological polar surface area (TPSA) is 69.4 Å². The van der Waals surface area contributed by atoms with Crippen LogP contribution >= 0.6 is 0 Å². The van der Waals surface area contributed by atoms with E-state index in [1.54, 1.807) is 6.26 Å². The number of hydrogen-bond acceptors (Lipinski definition) is 4. The SMILES string of the molecule is CS(=O)CCOC(=O)CN. The molecule has 1 atom stereocenters. The van der Waals surface area contributed by atoms with Crippen molar-refractivity contribution in [2.24, 2.45) is 5.73 Å². The lowest BCUT2D eigenvalue weighted by Crippen LogP contribution is -2.19. The second-order valence-corrected chi connectivity index (χ2v) is 3.26. The minimum Gasteiger partial charge on any atom is -0.464 e. The van der Waals surface area contributed by atoms with E-state index in [0.717, 1.165) is 0 Å². The highest BCUT2D eigenvalue weighted by Gasteiger charge is 1.97. The van der Waals surface area contributed by atoms with Crippen LogP contribution in [0.5, 0.6) is 0 Å². The van der Waals surface area contributed by atoms with Crippen LogP contribution in [0.1, 0.15) is 0 Å². The molecule has 2 N–H and O–H groups in total. The maximum Gasteiger partial charge on any atom is 0.319 e. The first kappa shape index (κ1) is 9.58. The van der Waals surface area contributed by atoms with Gasteiger partial charge in [0.25, 0.3) is 0 Å². The molecule has 0 aliphatic rings. The quantitative estimate of drug-likeness (QED) is 0.535. The van der Waals surface area contributed by atoms with Crippen LogP contribution in [0, 0.1) is 0 Å². The fourth-order valence-corrected chi connectivity index (χ4v) is 0.650. The van der Waals surface area contributed by atoms with Crippen molar-refractivity contribution in [1.82, 2.24) is 0 Å². The maximum absolute atomic E-state index is 10.4. The number of nitrogens with two attached hydrogens (primary N) is 1. The molecule has 0 radical (unpaired) electrons.